The standard InChI is InChI=1S/C16H28BrN5O2Si/c1-7-11(24-25(5,6)16(2,3)4)8-9-23-15-20-13(18)14-19-10-12(17)22(14)21-15/h10-11H,7-9H2,1-6H3,(H2,18,20,21)/t11-/m0/s1. The highest BCUT2D eigenvalue weighted by atomic mass is 79.9. The van der Waals surface area contributed by atoms with Crippen molar-refractivity contribution in [3.8, 4) is 6.01 Å². The van der Waals surface area contributed by atoms with Gasteiger partial charge in [-0.05, 0) is 40.5 Å². The summed E-state index contributed by atoms with van der Waals surface area (Å²) in [6.07, 6.45) is 3.53. The molecule has 0 aromatic carbocycles. The molecule has 0 aliphatic heterocycles. The number of ether oxygens (including phenoxy) is 1. The lowest BCUT2D eigenvalue weighted by Gasteiger charge is -2.39. The third kappa shape index (κ3) is 4.71. The summed E-state index contributed by atoms with van der Waals surface area (Å²) in [7, 11) is -1.79. The summed E-state index contributed by atoms with van der Waals surface area (Å²) in [6, 6.07) is 0.242. The molecular weight excluding hydrogens is 402 g/mol. The second-order valence-corrected chi connectivity index (χ2v) is 13.2. The van der Waals surface area contributed by atoms with Crippen LogP contribution < -0.4 is 10.5 Å². The molecule has 0 aliphatic rings. The van der Waals surface area contributed by atoms with E-state index in [1.54, 1.807) is 10.7 Å². The van der Waals surface area contributed by atoms with Crippen molar-refractivity contribution in [2.75, 3.05) is 12.3 Å². The molecule has 0 bridgehead atoms. The van der Waals surface area contributed by atoms with Gasteiger partial charge in [-0.2, -0.15) is 9.50 Å². The molecule has 0 spiro atoms. The first kappa shape index (κ1) is 20.1. The zero-order chi connectivity index (χ0) is 18.8. The first-order valence-electron chi connectivity index (χ1n) is 8.52. The number of anilines is 1. The first-order chi connectivity index (χ1) is 11.5. The van der Waals surface area contributed by atoms with Crippen LogP contribution in [0.15, 0.2) is 10.8 Å². The number of fused-ring (bicyclic) bond motifs is 1. The Bertz CT molecular complexity index is 729. The molecule has 7 nitrogen and oxygen atoms in total. The quantitative estimate of drug-likeness (QED) is 0.667. The van der Waals surface area contributed by atoms with Gasteiger partial charge in [0.25, 0.3) is 0 Å². The fourth-order valence-electron chi connectivity index (χ4n) is 2.14. The summed E-state index contributed by atoms with van der Waals surface area (Å²) in [5.41, 5.74) is 6.41. The molecule has 2 heterocycles. The van der Waals surface area contributed by atoms with Gasteiger partial charge in [0.1, 0.15) is 4.60 Å². The topological polar surface area (TPSA) is 87.6 Å². The Kier molecular flexibility index (Phi) is 6.11. The molecule has 0 amide bonds. The van der Waals surface area contributed by atoms with Crippen molar-refractivity contribution in [2.45, 2.75) is 64.8 Å². The van der Waals surface area contributed by atoms with Gasteiger partial charge in [0.15, 0.2) is 19.8 Å². The van der Waals surface area contributed by atoms with Gasteiger partial charge in [0.2, 0.25) is 0 Å². The molecule has 2 aromatic heterocycles. The van der Waals surface area contributed by atoms with E-state index < -0.39 is 8.32 Å². The number of hydrogen-bond acceptors (Lipinski definition) is 6. The minimum absolute atomic E-state index is 0.168. The summed E-state index contributed by atoms with van der Waals surface area (Å²) < 4.78 is 14.4. The lowest BCUT2D eigenvalue weighted by Crippen LogP contribution is -2.44. The molecule has 0 saturated heterocycles. The van der Waals surface area contributed by atoms with Gasteiger partial charge in [0.05, 0.1) is 12.8 Å². The molecule has 2 N–H and O–H groups in total. The Hall–Kier alpha value is -1.19. The number of nitrogen functional groups attached to an aromatic ring is 1. The van der Waals surface area contributed by atoms with Crippen LogP contribution in [0.4, 0.5) is 5.82 Å². The highest BCUT2D eigenvalue weighted by molar-refractivity contribution is 9.10. The van der Waals surface area contributed by atoms with Crippen LogP contribution in [0.3, 0.4) is 0 Å². The predicted octanol–water partition coefficient (Wildman–Crippen LogP) is 4.04. The molecule has 0 fully saturated rings. The molecule has 9 heteroatoms. The molecule has 0 radical (unpaired) electrons. The third-order valence-corrected chi connectivity index (χ3v) is 9.80. The van der Waals surface area contributed by atoms with E-state index in [1.807, 2.05) is 0 Å². The van der Waals surface area contributed by atoms with Gasteiger partial charge in [-0.15, -0.1) is 5.10 Å². The van der Waals surface area contributed by atoms with Crippen LogP contribution in [-0.2, 0) is 4.43 Å². The van der Waals surface area contributed by atoms with E-state index in [0.717, 1.165) is 12.8 Å². The zero-order valence-corrected chi connectivity index (χ0v) is 18.4. The Balaban J connectivity index is 1.98. The van der Waals surface area contributed by atoms with Gasteiger partial charge >= 0.3 is 6.01 Å². The van der Waals surface area contributed by atoms with E-state index >= 15 is 0 Å². The number of nitrogens with zero attached hydrogens (tertiary/aromatic N) is 4. The van der Waals surface area contributed by atoms with Gasteiger partial charge in [0, 0.05) is 12.5 Å². The number of halogens is 1. The Morgan fingerprint density at radius 1 is 1.36 bits per heavy atom. The lowest BCUT2D eigenvalue weighted by molar-refractivity contribution is 0.138. The van der Waals surface area contributed by atoms with Crippen molar-refractivity contribution < 1.29 is 9.16 Å². The fourth-order valence-corrected chi connectivity index (χ4v) is 3.96. The SMILES string of the molecule is CC[C@@H](CCOc1nc(N)c2ncc(Br)n2n1)O[Si](C)(C)C(C)(C)C. The normalized spacial score (nSPS) is 14.0. The second-order valence-electron chi connectivity index (χ2n) is 7.64. The Labute approximate surface area is 158 Å². The lowest BCUT2D eigenvalue weighted by atomic mass is 10.2. The smallest absolute Gasteiger partial charge is 0.336 e. The maximum absolute atomic E-state index is 6.46. The summed E-state index contributed by atoms with van der Waals surface area (Å²) in [5.74, 6) is 0.292. The highest BCUT2D eigenvalue weighted by Crippen LogP contribution is 2.37. The maximum atomic E-state index is 6.46. The molecule has 0 saturated carbocycles. The van der Waals surface area contributed by atoms with Gasteiger partial charge in [-0.1, -0.05) is 27.7 Å². The molecule has 2 aromatic rings. The predicted molar refractivity (Wildman–Crippen MR) is 105 cm³/mol. The van der Waals surface area contributed by atoms with E-state index in [1.165, 1.54) is 0 Å². The van der Waals surface area contributed by atoms with Crippen LogP contribution in [0.2, 0.25) is 18.1 Å². The van der Waals surface area contributed by atoms with Crippen molar-refractivity contribution in [2.24, 2.45) is 0 Å². The molecule has 140 valence electrons. The van der Waals surface area contributed by atoms with Crippen molar-refractivity contribution in [1.29, 1.82) is 0 Å². The first-order valence-corrected chi connectivity index (χ1v) is 12.2. The molecule has 1 atom stereocenters. The molecule has 0 aliphatic carbocycles. The van der Waals surface area contributed by atoms with Crippen LogP contribution in [0.1, 0.15) is 40.5 Å². The van der Waals surface area contributed by atoms with Crippen LogP contribution in [0.25, 0.3) is 5.65 Å². The summed E-state index contributed by atoms with van der Waals surface area (Å²) in [4.78, 5) is 8.30. The van der Waals surface area contributed by atoms with Crippen molar-refractivity contribution >= 4 is 35.7 Å². The second kappa shape index (κ2) is 7.59. The third-order valence-electron chi connectivity index (χ3n) is 4.72. The largest absolute Gasteiger partial charge is 0.462 e. The Morgan fingerprint density at radius 2 is 2.04 bits per heavy atom. The summed E-state index contributed by atoms with van der Waals surface area (Å²) >= 11 is 3.37. The van der Waals surface area contributed by atoms with E-state index in [9.17, 15) is 0 Å². The number of imidazole rings is 1. The average molecular weight is 430 g/mol. The van der Waals surface area contributed by atoms with Gasteiger partial charge < -0.3 is 14.9 Å². The minimum Gasteiger partial charge on any atom is -0.462 e. The number of nitrogens with two attached hydrogens (primary N) is 1. The number of rotatable bonds is 7. The number of hydrogen-bond donors (Lipinski definition) is 1. The van der Waals surface area contributed by atoms with Crippen molar-refractivity contribution in [3.05, 3.63) is 10.8 Å². The maximum Gasteiger partial charge on any atom is 0.336 e. The van der Waals surface area contributed by atoms with Gasteiger partial charge in [-0.25, -0.2) is 4.98 Å². The van der Waals surface area contributed by atoms with Crippen LogP contribution in [0, 0.1) is 0 Å². The average Bonchev–Trinajstić information content (AvgIpc) is 2.87. The minimum atomic E-state index is -1.79. The van der Waals surface area contributed by atoms with Crippen LogP contribution in [-0.4, -0.2) is 40.6 Å². The number of aromatic nitrogens is 4. The molecule has 25 heavy (non-hydrogen) atoms. The van der Waals surface area contributed by atoms with E-state index in [0.29, 0.717) is 22.7 Å². The fraction of sp³-hybridized carbons (Fsp3) is 0.688. The van der Waals surface area contributed by atoms with E-state index in [2.05, 4.69) is 71.8 Å². The van der Waals surface area contributed by atoms with Crippen molar-refractivity contribution in [1.82, 2.24) is 19.6 Å². The Morgan fingerprint density at radius 3 is 2.64 bits per heavy atom. The van der Waals surface area contributed by atoms with E-state index in [4.69, 9.17) is 14.9 Å². The molecule has 2 rings (SSSR count). The van der Waals surface area contributed by atoms with E-state index in [-0.39, 0.29) is 17.2 Å². The molecular formula is C16H28BrN5O2Si. The monoisotopic (exact) mass is 429 g/mol. The highest BCUT2D eigenvalue weighted by Gasteiger charge is 2.38. The summed E-state index contributed by atoms with van der Waals surface area (Å²) in [5, 5.41) is 4.49. The zero-order valence-electron chi connectivity index (χ0n) is 15.8. The van der Waals surface area contributed by atoms with Crippen LogP contribution in [0.5, 0.6) is 6.01 Å². The molecule has 0 unspecified atom stereocenters. The van der Waals surface area contributed by atoms with Crippen LogP contribution >= 0.6 is 15.9 Å². The summed E-state index contributed by atoms with van der Waals surface area (Å²) in [6.45, 7) is 13.9. The van der Waals surface area contributed by atoms with Crippen molar-refractivity contribution in [3.63, 3.8) is 0 Å². The van der Waals surface area contributed by atoms with Gasteiger partial charge in [-0.3, -0.25) is 0 Å².